The maximum absolute atomic E-state index is 9.64. The van der Waals surface area contributed by atoms with Crippen LogP contribution in [0.15, 0.2) is 11.6 Å². The number of rotatable bonds is 5. The van der Waals surface area contributed by atoms with E-state index in [-0.39, 0.29) is 53.7 Å². The Morgan fingerprint density at radius 1 is 1.34 bits per heavy atom. The highest BCUT2D eigenvalue weighted by molar-refractivity contribution is 6.74. The molecule has 2 fully saturated rings. The molecule has 2 saturated heterocycles. The number of ether oxygens (including phenoxy) is 3. The molecule has 3 aliphatic rings. The van der Waals surface area contributed by atoms with Gasteiger partial charge in [-0.2, -0.15) is 0 Å². The van der Waals surface area contributed by atoms with Crippen molar-refractivity contribution >= 4 is 8.32 Å². The van der Waals surface area contributed by atoms with Gasteiger partial charge in [0.15, 0.2) is 8.32 Å². The first-order valence-electron chi connectivity index (χ1n) is 11.3. The second-order valence-electron chi connectivity index (χ2n) is 11.2. The van der Waals surface area contributed by atoms with Crippen molar-refractivity contribution in [3.63, 3.8) is 0 Å². The van der Waals surface area contributed by atoms with E-state index in [0.29, 0.717) is 6.61 Å². The van der Waals surface area contributed by atoms with Crippen molar-refractivity contribution in [1.82, 2.24) is 0 Å². The minimum atomic E-state index is -1.97. The highest BCUT2D eigenvalue weighted by Crippen LogP contribution is 2.47. The van der Waals surface area contributed by atoms with Crippen LogP contribution in [0.4, 0.5) is 0 Å². The van der Waals surface area contributed by atoms with Crippen LogP contribution in [0.1, 0.15) is 60.8 Å². The van der Waals surface area contributed by atoms with E-state index in [1.54, 1.807) is 0 Å². The molecule has 0 spiro atoms. The van der Waals surface area contributed by atoms with Gasteiger partial charge in [-0.25, -0.2) is 0 Å². The van der Waals surface area contributed by atoms with Gasteiger partial charge in [0.05, 0.1) is 36.6 Å². The fourth-order valence-electron chi connectivity index (χ4n) is 4.55. The van der Waals surface area contributed by atoms with Crippen molar-refractivity contribution in [2.45, 2.75) is 115 Å². The highest BCUT2D eigenvalue weighted by atomic mass is 28.4. The third-order valence-electron chi connectivity index (χ3n) is 7.58. The van der Waals surface area contributed by atoms with Crippen LogP contribution in [-0.2, 0) is 18.6 Å². The van der Waals surface area contributed by atoms with Gasteiger partial charge in [0.25, 0.3) is 0 Å². The lowest BCUT2D eigenvalue weighted by Crippen LogP contribution is -2.65. The van der Waals surface area contributed by atoms with E-state index in [4.69, 9.17) is 18.6 Å². The minimum absolute atomic E-state index is 0.00929. The quantitative estimate of drug-likeness (QED) is 0.520. The van der Waals surface area contributed by atoms with Crippen molar-refractivity contribution in [2.75, 3.05) is 13.2 Å². The van der Waals surface area contributed by atoms with Gasteiger partial charge in [0, 0.05) is 19.4 Å². The molecule has 3 rings (SSSR count). The van der Waals surface area contributed by atoms with Gasteiger partial charge in [-0.05, 0) is 49.9 Å². The smallest absolute Gasteiger partial charge is 0.192 e. The lowest BCUT2D eigenvalue weighted by atomic mass is 9.78. The van der Waals surface area contributed by atoms with Gasteiger partial charge >= 0.3 is 0 Å². The van der Waals surface area contributed by atoms with Gasteiger partial charge in [-0.1, -0.05) is 33.8 Å². The molecule has 0 aromatic carbocycles. The first-order valence-corrected chi connectivity index (χ1v) is 14.2. The molecule has 0 amide bonds. The predicted octanol–water partition coefficient (Wildman–Crippen LogP) is 4.45. The van der Waals surface area contributed by atoms with Crippen LogP contribution in [0.3, 0.4) is 0 Å². The largest absolute Gasteiger partial charge is 0.411 e. The van der Waals surface area contributed by atoms with Gasteiger partial charge < -0.3 is 23.7 Å². The molecular formula is C23H42O5Si. The summed E-state index contributed by atoms with van der Waals surface area (Å²) in [6.07, 6.45) is 4.63. The van der Waals surface area contributed by atoms with Crippen molar-refractivity contribution < 1.29 is 23.7 Å². The van der Waals surface area contributed by atoms with E-state index in [9.17, 15) is 5.11 Å². The zero-order valence-electron chi connectivity index (χ0n) is 19.7. The van der Waals surface area contributed by atoms with E-state index in [1.807, 2.05) is 0 Å². The Morgan fingerprint density at radius 2 is 2.03 bits per heavy atom. The summed E-state index contributed by atoms with van der Waals surface area (Å²) in [5.74, 6) is 0.184. The number of hydrogen-bond acceptors (Lipinski definition) is 5. The Balaban J connectivity index is 1.84. The van der Waals surface area contributed by atoms with Crippen LogP contribution in [-0.4, -0.2) is 62.8 Å². The molecule has 168 valence electrons. The second kappa shape index (κ2) is 8.36. The summed E-state index contributed by atoms with van der Waals surface area (Å²) >= 11 is 0. The molecule has 1 N–H and O–H groups in total. The first kappa shape index (κ1) is 23.4. The summed E-state index contributed by atoms with van der Waals surface area (Å²) in [7, 11) is -1.97. The van der Waals surface area contributed by atoms with Crippen LogP contribution >= 0.6 is 0 Å². The van der Waals surface area contributed by atoms with Gasteiger partial charge in [-0.3, -0.25) is 0 Å². The lowest BCUT2D eigenvalue weighted by molar-refractivity contribution is -0.285. The lowest BCUT2D eigenvalue weighted by Gasteiger charge is -2.56. The molecule has 0 radical (unpaired) electrons. The molecule has 5 nitrogen and oxygen atoms in total. The van der Waals surface area contributed by atoms with Crippen molar-refractivity contribution in [3.8, 4) is 0 Å². The van der Waals surface area contributed by atoms with Gasteiger partial charge in [-0.15, -0.1) is 0 Å². The van der Waals surface area contributed by atoms with Crippen LogP contribution in [0, 0.1) is 5.92 Å². The van der Waals surface area contributed by atoms with E-state index in [0.717, 1.165) is 19.3 Å². The molecule has 0 aromatic rings. The molecule has 0 aromatic heterocycles. The normalized spacial score (nSPS) is 39.3. The Hall–Kier alpha value is -0.243. The number of hydrogen-bond donors (Lipinski definition) is 1. The minimum Gasteiger partial charge on any atom is -0.411 e. The standard InChI is InChI=1S/C23H42O5Si/c1-15(14-24)11-17-19(28-29(7,8)22(3,4)5)13-23(6)20(26-17)12-18-21(27-23)16(2)9-10-25-18/h9,15,17-21,24H,10-14H2,1-8H3/t15-,17+,18+,19-,20-,21-,23+/m1/s1. The third-order valence-corrected chi connectivity index (χ3v) is 12.1. The van der Waals surface area contributed by atoms with Crippen molar-refractivity contribution in [3.05, 3.63) is 11.6 Å². The zero-order valence-corrected chi connectivity index (χ0v) is 20.7. The molecular weight excluding hydrogens is 384 g/mol. The summed E-state index contributed by atoms with van der Waals surface area (Å²) in [6.45, 7) is 18.6. The molecule has 6 heteroatoms. The topological polar surface area (TPSA) is 57.2 Å². The number of aliphatic hydroxyl groups excluding tert-OH is 1. The van der Waals surface area contributed by atoms with E-state index < -0.39 is 8.32 Å². The molecule has 29 heavy (non-hydrogen) atoms. The van der Waals surface area contributed by atoms with Gasteiger partial charge in [0.1, 0.15) is 6.10 Å². The Labute approximate surface area is 178 Å². The van der Waals surface area contributed by atoms with Crippen molar-refractivity contribution in [2.24, 2.45) is 5.92 Å². The fourth-order valence-corrected chi connectivity index (χ4v) is 5.89. The second-order valence-corrected chi connectivity index (χ2v) is 16.0. The van der Waals surface area contributed by atoms with Crippen LogP contribution < -0.4 is 0 Å². The van der Waals surface area contributed by atoms with E-state index in [2.05, 4.69) is 60.7 Å². The SMILES string of the molecule is CC1=CCO[C@H]2C[C@H]3O[C@@H](C[C@@H](C)CO)[C@H](O[Si](C)(C)C(C)(C)C)C[C@]3(C)O[C@H]12. The Morgan fingerprint density at radius 3 is 2.66 bits per heavy atom. The fraction of sp³-hybridized carbons (Fsp3) is 0.913. The number of fused-ring (bicyclic) bond motifs is 2. The zero-order chi connectivity index (χ0) is 21.6. The van der Waals surface area contributed by atoms with E-state index in [1.165, 1.54) is 5.57 Å². The predicted molar refractivity (Wildman–Crippen MR) is 118 cm³/mol. The number of aliphatic hydroxyl groups is 1. The molecule has 0 aliphatic carbocycles. The summed E-state index contributed by atoms with van der Waals surface area (Å²) in [6, 6.07) is 0. The van der Waals surface area contributed by atoms with Crippen LogP contribution in [0.2, 0.25) is 18.1 Å². The van der Waals surface area contributed by atoms with Crippen LogP contribution in [0.5, 0.6) is 0 Å². The molecule has 0 unspecified atom stereocenters. The molecule has 7 atom stereocenters. The van der Waals surface area contributed by atoms with Crippen LogP contribution in [0.25, 0.3) is 0 Å². The molecule has 0 saturated carbocycles. The Kier molecular flexibility index (Phi) is 6.75. The average molecular weight is 427 g/mol. The third kappa shape index (κ3) is 4.83. The van der Waals surface area contributed by atoms with Crippen molar-refractivity contribution in [1.29, 1.82) is 0 Å². The maximum atomic E-state index is 9.64. The van der Waals surface area contributed by atoms with E-state index >= 15 is 0 Å². The average Bonchev–Trinajstić information content (AvgIpc) is 2.60. The monoisotopic (exact) mass is 426 g/mol. The summed E-state index contributed by atoms with van der Waals surface area (Å²) in [5, 5.41) is 9.77. The van der Waals surface area contributed by atoms with Gasteiger partial charge in [0.2, 0.25) is 0 Å². The maximum Gasteiger partial charge on any atom is 0.192 e. The molecule has 3 aliphatic heterocycles. The highest BCUT2D eigenvalue weighted by Gasteiger charge is 2.55. The summed E-state index contributed by atoms with van der Waals surface area (Å²) in [5.41, 5.74) is 0.877. The Bertz CT molecular complexity index is 613. The summed E-state index contributed by atoms with van der Waals surface area (Å²) in [4.78, 5) is 0. The first-order chi connectivity index (χ1) is 13.4. The molecule has 0 bridgehead atoms. The molecule has 3 heterocycles. The summed E-state index contributed by atoms with van der Waals surface area (Å²) < 4.78 is 26.2.